The summed E-state index contributed by atoms with van der Waals surface area (Å²) in [6.07, 6.45) is 6.18. The Balaban J connectivity index is 0.883. The summed E-state index contributed by atoms with van der Waals surface area (Å²) in [5.74, 6) is 2.10. The maximum Gasteiger partial charge on any atom is 0.164 e. The van der Waals surface area contributed by atoms with Crippen LogP contribution in [0.15, 0.2) is 212 Å². The molecule has 0 saturated heterocycles. The van der Waals surface area contributed by atoms with E-state index in [2.05, 4.69) is 185 Å². The fourth-order valence-electron chi connectivity index (χ4n) is 9.28. The van der Waals surface area contributed by atoms with Gasteiger partial charge in [0.05, 0.1) is 22.1 Å². The van der Waals surface area contributed by atoms with Gasteiger partial charge in [0.1, 0.15) is 0 Å². The Hall–Kier alpha value is -8.15. The first-order chi connectivity index (χ1) is 30.7. The Morgan fingerprint density at radius 1 is 0.290 bits per heavy atom. The molecule has 3 heterocycles. The van der Waals surface area contributed by atoms with Crippen molar-refractivity contribution in [1.29, 1.82) is 0 Å². The molecule has 1 aliphatic carbocycles. The molecule has 0 spiro atoms. The maximum atomic E-state index is 4.99. The van der Waals surface area contributed by atoms with Crippen molar-refractivity contribution in [3.8, 4) is 45.3 Å². The van der Waals surface area contributed by atoms with E-state index in [0.717, 1.165) is 41.1 Å². The van der Waals surface area contributed by atoms with E-state index >= 15 is 0 Å². The van der Waals surface area contributed by atoms with Gasteiger partial charge in [-0.25, -0.2) is 15.0 Å². The molecule has 12 rings (SSSR count). The maximum absolute atomic E-state index is 4.99. The molecule has 11 aromatic rings. The molecule has 62 heavy (non-hydrogen) atoms. The first-order valence-corrected chi connectivity index (χ1v) is 21.2. The average molecular weight is 794 g/mol. The molecule has 0 aliphatic heterocycles. The number of para-hydroxylation sites is 3. The Labute approximate surface area is 359 Å². The van der Waals surface area contributed by atoms with Gasteiger partial charge in [0.15, 0.2) is 17.5 Å². The molecule has 0 bridgehead atoms. The Morgan fingerprint density at radius 2 is 0.710 bits per heavy atom. The van der Waals surface area contributed by atoms with Gasteiger partial charge in [-0.3, -0.25) is 0 Å². The van der Waals surface area contributed by atoms with Crippen molar-refractivity contribution in [3.63, 3.8) is 0 Å². The molecule has 0 amide bonds. The van der Waals surface area contributed by atoms with Gasteiger partial charge in [0.2, 0.25) is 0 Å². The Kier molecular flexibility index (Phi) is 8.56. The van der Waals surface area contributed by atoms with Gasteiger partial charge >= 0.3 is 0 Å². The fourth-order valence-corrected chi connectivity index (χ4v) is 9.28. The van der Waals surface area contributed by atoms with Crippen LogP contribution in [0.3, 0.4) is 0 Å². The highest BCUT2D eigenvalue weighted by Gasteiger charge is 2.19. The van der Waals surface area contributed by atoms with Crippen LogP contribution >= 0.6 is 0 Å². The van der Waals surface area contributed by atoms with Gasteiger partial charge < -0.3 is 9.13 Å². The summed E-state index contributed by atoms with van der Waals surface area (Å²) in [5, 5.41) is 5.00. The second-order valence-corrected chi connectivity index (χ2v) is 16.0. The van der Waals surface area contributed by atoms with Crippen molar-refractivity contribution in [3.05, 3.63) is 224 Å². The van der Waals surface area contributed by atoms with Crippen LogP contribution in [-0.4, -0.2) is 24.1 Å². The Bertz CT molecular complexity index is 3480. The average Bonchev–Trinajstić information content (AvgIpc) is 3.87. The predicted molar refractivity (Wildman–Crippen MR) is 256 cm³/mol. The molecule has 292 valence electrons. The molecule has 5 heteroatoms. The van der Waals surface area contributed by atoms with E-state index in [0.29, 0.717) is 11.6 Å². The predicted octanol–water partition coefficient (Wildman–Crippen LogP) is 14.3. The highest BCUT2D eigenvalue weighted by molar-refractivity contribution is 6.11. The van der Waals surface area contributed by atoms with Gasteiger partial charge in [-0.15, -0.1) is 0 Å². The molecule has 5 nitrogen and oxygen atoms in total. The molecular weight excluding hydrogens is 755 g/mol. The monoisotopic (exact) mass is 793 g/mol. The number of allylic oxidation sites excluding steroid dienone is 4. The largest absolute Gasteiger partial charge is 0.309 e. The van der Waals surface area contributed by atoms with Gasteiger partial charge in [-0.2, -0.15) is 0 Å². The SMILES string of the molecule is C1=C(c2ccc3c(c2)c2ccccc2n3-c2ccc(-c3ccc4c(c3)c3ccccc3n4-c3ccccc3)cc2)CCC(c2nc(-c3ccccc3)nc(-c3ccccc3)n2)=C1. The molecule has 0 saturated carbocycles. The van der Waals surface area contributed by atoms with Crippen LogP contribution in [0.1, 0.15) is 24.2 Å². The molecule has 0 N–H and O–H groups in total. The lowest BCUT2D eigenvalue weighted by Crippen LogP contribution is -2.04. The van der Waals surface area contributed by atoms with E-state index in [4.69, 9.17) is 15.0 Å². The van der Waals surface area contributed by atoms with Crippen LogP contribution in [-0.2, 0) is 0 Å². The summed E-state index contributed by atoms with van der Waals surface area (Å²) in [6, 6.07) is 71.3. The van der Waals surface area contributed by atoms with Crippen LogP contribution in [0.4, 0.5) is 0 Å². The third kappa shape index (κ3) is 6.13. The quantitative estimate of drug-likeness (QED) is 0.161. The number of fused-ring (bicyclic) bond motifs is 6. The van der Waals surface area contributed by atoms with E-state index in [9.17, 15) is 0 Å². The zero-order valence-corrected chi connectivity index (χ0v) is 33.9. The smallest absolute Gasteiger partial charge is 0.164 e. The minimum atomic E-state index is 0.687. The van der Waals surface area contributed by atoms with Crippen molar-refractivity contribution < 1.29 is 0 Å². The van der Waals surface area contributed by atoms with Gasteiger partial charge in [0.25, 0.3) is 0 Å². The molecule has 3 aromatic heterocycles. The fraction of sp³-hybridized carbons (Fsp3) is 0.0351. The van der Waals surface area contributed by atoms with Crippen molar-refractivity contribution in [2.24, 2.45) is 0 Å². The van der Waals surface area contributed by atoms with Crippen LogP contribution < -0.4 is 0 Å². The third-order valence-electron chi connectivity index (χ3n) is 12.3. The molecule has 8 aromatic carbocycles. The van der Waals surface area contributed by atoms with Gasteiger partial charge in [-0.05, 0) is 101 Å². The molecule has 0 radical (unpaired) electrons. The lowest BCUT2D eigenvalue weighted by molar-refractivity contribution is 0.985. The highest BCUT2D eigenvalue weighted by atomic mass is 15.0. The van der Waals surface area contributed by atoms with Crippen molar-refractivity contribution >= 4 is 54.8 Å². The summed E-state index contributed by atoms with van der Waals surface area (Å²) in [5.41, 5.74) is 15.1. The summed E-state index contributed by atoms with van der Waals surface area (Å²) in [4.78, 5) is 14.9. The van der Waals surface area contributed by atoms with E-state index in [-0.39, 0.29) is 0 Å². The Morgan fingerprint density at radius 3 is 1.27 bits per heavy atom. The minimum absolute atomic E-state index is 0.687. The molecule has 1 aliphatic rings. The van der Waals surface area contributed by atoms with Gasteiger partial charge in [-0.1, -0.05) is 152 Å². The van der Waals surface area contributed by atoms with E-state index < -0.39 is 0 Å². The van der Waals surface area contributed by atoms with Crippen molar-refractivity contribution in [2.75, 3.05) is 0 Å². The number of hydrogen-bond donors (Lipinski definition) is 0. The van der Waals surface area contributed by atoms with Crippen LogP contribution in [0, 0.1) is 0 Å². The topological polar surface area (TPSA) is 48.5 Å². The number of aromatic nitrogens is 5. The number of rotatable bonds is 7. The van der Waals surface area contributed by atoms with Crippen LogP contribution in [0.2, 0.25) is 0 Å². The van der Waals surface area contributed by atoms with Crippen molar-refractivity contribution in [1.82, 2.24) is 24.1 Å². The highest BCUT2D eigenvalue weighted by Crippen LogP contribution is 2.39. The minimum Gasteiger partial charge on any atom is -0.309 e. The van der Waals surface area contributed by atoms with Crippen molar-refractivity contribution in [2.45, 2.75) is 12.8 Å². The first-order valence-electron chi connectivity index (χ1n) is 21.2. The van der Waals surface area contributed by atoms with Crippen LogP contribution in [0.25, 0.3) is 100 Å². The number of benzene rings is 8. The van der Waals surface area contributed by atoms with E-state index in [1.54, 1.807) is 0 Å². The van der Waals surface area contributed by atoms with Gasteiger partial charge in [0, 0.05) is 44.0 Å². The standard InChI is InChI=1S/C57H39N5/c1-4-14-40(15-5-1)55-58-56(41-16-6-2-7-17-41)60-57(59-55)42-26-24-38(25-27-42)43-30-35-54-50(36-43)48-21-11-13-23-52(48)62(54)46-32-28-39(29-33-46)44-31-34-53-49(37-44)47-20-10-12-22-51(47)61(53)45-18-8-3-9-19-45/h1-24,26,28-37H,25,27H2. The third-order valence-corrected chi connectivity index (χ3v) is 12.3. The lowest BCUT2D eigenvalue weighted by atomic mass is 9.92. The zero-order valence-electron chi connectivity index (χ0n) is 33.9. The second-order valence-electron chi connectivity index (χ2n) is 16.0. The lowest BCUT2D eigenvalue weighted by Gasteiger charge is -2.16. The number of hydrogen-bond acceptors (Lipinski definition) is 3. The molecule has 0 unspecified atom stereocenters. The summed E-state index contributed by atoms with van der Waals surface area (Å²) in [7, 11) is 0. The summed E-state index contributed by atoms with van der Waals surface area (Å²) >= 11 is 0. The van der Waals surface area contributed by atoms with E-state index in [1.807, 2.05) is 36.4 Å². The van der Waals surface area contributed by atoms with Crippen LogP contribution in [0.5, 0.6) is 0 Å². The van der Waals surface area contributed by atoms with E-state index in [1.165, 1.54) is 71.6 Å². The summed E-state index contributed by atoms with van der Waals surface area (Å²) < 4.78 is 4.77. The number of nitrogens with zero attached hydrogens (tertiary/aromatic N) is 5. The molecular formula is C57H39N5. The normalized spacial score (nSPS) is 12.9. The first kappa shape index (κ1) is 35.8. The second kappa shape index (κ2) is 14.8. The zero-order chi connectivity index (χ0) is 41.0. The summed E-state index contributed by atoms with van der Waals surface area (Å²) in [6.45, 7) is 0. The molecule has 0 atom stereocenters. The molecule has 0 fully saturated rings.